The molecule has 1 aliphatic heterocycles. The molecule has 2 heterocycles. The third-order valence-corrected chi connectivity index (χ3v) is 3.86. The third-order valence-electron chi connectivity index (χ3n) is 3.86. The summed E-state index contributed by atoms with van der Waals surface area (Å²) in [5.74, 6) is 0. The quantitative estimate of drug-likeness (QED) is 0.775. The van der Waals surface area contributed by atoms with Crippen LogP contribution in [-0.4, -0.2) is 29.0 Å². The molecule has 3 heteroatoms. The zero-order valence-corrected chi connectivity index (χ0v) is 9.60. The van der Waals surface area contributed by atoms with Gasteiger partial charge in [0.1, 0.15) is 0 Å². The molecule has 86 valence electrons. The van der Waals surface area contributed by atoms with Crippen LogP contribution in [0.25, 0.3) is 0 Å². The van der Waals surface area contributed by atoms with Gasteiger partial charge in [0.05, 0.1) is 11.7 Å². The van der Waals surface area contributed by atoms with E-state index in [0.29, 0.717) is 12.1 Å². The first kappa shape index (κ1) is 10.2. The molecular formula is C13H19N3. The van der Waals surface area contributed by atoms with Crippen LogP contribution in [0.3, 0.4) is 0 Å². The molecule has 2 aliphatic rings. The highest BCUT2D eigenvalue weighted by Crippen LogP contribution is 2.34. The maximum absolute atomic E-state index is 5.99. The summed E-state index contributed by atoms with van der Waals surface area (Å²) in [6.07, 6.45) is 6.79. The molecule has 0 bridgehead atoms. The predicted molar refractivity (Wildman–Crippen MR) is 64.1 cm³/mol. The minimum absolute atomic E-state index is 0.370. The van der Waals surface area contributed by atoms with E-state index in [0.717, 1.165) is 19.5 Å². The van der Waals surface area contributed by atoms with Gasteiger partial charge in [0.25, 0.3) is 0 Å². The van der Waals surface area contributed by atoms with Crippen molar-refractivity contribution < 1.29 is 0 Å². The van der Waals surface area contributed by atoms with Crippen molar-refractivity contribution in [3.8, 4) is 0 Å². The average molecular weight is 217 g/mol. The van der Waals surface area contributed by atoms with E-state index in [4.69, 9.17) is 5.73 Å². The maximum atomic E-state index is 5.99. The van der Waals surface area contributed by atoms with Crippen molar-refractivity contribution in [1.29, 1.82) is 0 Å². The third kappa shape index (κ3) is 1.74. The molecule has 1 aromatic heterocycles. The number of aryl methyl sites for hydroxylation is 1. The Balaban J connectivity index is 1.87. The van der Waals surface area contributed by atoms with E-state index in [-0.39, 0.29) is 0 Å². The summed E-state index contributed by atoms with van der Waals surface area (Å²) < 4.78 is 0. The number of hydrogen-bond donors (Lipinski definition) is 1. The number of rotatable bonds is 1. The van der Waals surface area contributed by atoms with Crippen molar-refractivity contribution in [2.75, 3.05) is 13.1 Å². The lowest BCUT2D eigenvalue weighted by Crippen LogP contribution is -2.32. The molecule has 1 aliphatic carbocycles. The molecule has 1 aromatic rings. The Kier molecular flexibility index (Phi) is 2.65. The lowest BCUT2D eigenvalue weighted by molar-refractivity contribution is 0.214. The van der Waals surface area contributed by atoms with Crippen molar-refractivity contribution in [1.82, 2.24) is 9.88 Å². The van der Waals surface area contributed by atoms with Crippen LogP contribution in [0.5, 0.6) is 0 Å². The highest BCUT2D eigenvalue weighted by molar-refractivity contribution is 5.25. The number of nitrogens with two attached hydrogens (primary N) is 1. The van der Waals surface area contributed by atoms with Crippen LogP contribution in [0.15, 0.2) is 18.3 Å². The summed E-state index contributed by atoms with van der Waals surface area (Å²) in [5, 5.41) is 0. The van der Waals surface area contributed by atoms with Crippen LogP contribution in [-0.2, 0) is 6.42 Å². The van der Waals surface area contributed by atoms with Crippen LogP contribution in [0.1, 0.15) is 36.6 Å². The van der Waals surface area contributed by atoms with Crippen LogP contribution >= 0.6 is 0 Å². The minimum atomic E-state index is 0.370. The predicted octanol–water partition coefficient (Wildman–Crippen LogP) is 1.49. The minimum Gasteiger partial charge on any atom is -0.326 e. The zero-order valence-electron chi connectivity index (χ0n) is 9.60. The summed E-state index contributed by atoms with van der Waals surface area (Å²) >= 11 is 0. The Bertz CT molecular complexity index is 377. The molecule has 1 fully saturated rings. The van der Waals surface area contributed by atoms with Gasteiger partial charge in [0, 0.05) is 25.3 Å². The van der Waals surface area contributed by atoms with Gasteiger partial charge in [-0.2, -0.15) is 0 Å². The molecule has 3 rings (SSSR count). The largest absolute Gasteiger partial charge is 0.326 e. The molecule has 1 saturated heterocycles. The van der Waals surface area contributed by atoms with E-state index < -0.39 is 0 Å². The molecule has 0 saturated carbocycles. The number of aromatic nitrogens is 1. The van der Waals surface area contributed by atoms with Crippen molar-refractivity contribution in [3.63, 3.8) is 0 Å². The molecule has 2 unspecified atom stereocenters. The fraction of sp³-hybridized carbons (Fsp3) is 0.615. The van der Waals surface area contributed by atoms with Crippen LogP contribution < -0.4 is 5.73 Å². The number of hydrogen-bond acceptors (Lipinski definition) is 3. The highest BCUT2D eigenvalue weighted by Gasteiger charge is 2.31. The summed E-state index contributed by atoms with van der Waals surface area (Å²) in [6.45, 7) is 2.18. The second kappa shape index (κ2) is 4.15. The Morgan fingerprint density at radius 3 is 3.12 bits per heavy atom. The van der Waals surface area contributed by atoms with Gasteiger partial charge in [0.2, 0.25) is 0 Å². The molecule has 0 radical (unpaired) electrons. The summed E-state index contributed by atoms with van der Waals surface area (Å²) in [4.78, 5) is 7.11. The molecule has 2 atom stereocenters. The molecule has 0 amide bonds. The number of fused-ring (bicyclic) bond motifs is 1. The van der Waals surface area contributed by atoms with Gasteiger partial charge >= 0.3 is 0 Å². The van der Waals surface area contributed by atoms with E-state index in [9.17, 15) is 0 Å². The summed E-state index contributed by atoms with van der Waals surface area (Å²) in [7, 11) is 0. The average Bonchev–Trinajstić information content (AvgIpc) is 2.75. The van der Waals surface area contributed by atoms with Gasteiger partial charge in [0.15, 0.2) is 0 Å². The lowest BCUT2D eigenvalue weighted by atomic mass is 9.91. The van der Waals surface area contributed by atoms with E-state index in [1.807, 2.05) is 6.20 Å². The van der Waals surface area contributed by atoms with Crippen LogP contribution in [0.2, 0.25) is 0 Å². The Hall–Kier alpha value is -0.930. The van der Waals surface area contributed by atoms with Gasteiger partial charge in [-0.15, -0.1) is 0 Å². The summed E-state index contributed by atoms with van der Waals surface area (Å²) in [6, 6.07) is 5.18. The van der Waals surface area contributed by atoms with Gasteiger partial charge < -0.3 is 5.73 Å². The second-order valence-corrected chi connectivity index (χ2v) is 5.00. The van der Waals surface area contributed by atoms with E-state index in [1.165, 1.54) is 30.5 Å². The standard InChI is InChI=1S/C13H19N3/c14-11-6-8-16(9-11)12-5-1-3-10-4-2-7-15-13(10)12/h2,4,7,11-12H,1,3,5-6,8-9,14H2. The van der Waals surface area contributed by atoms with Crippen LogP contribution in [0, 0.1) is 0 Å². The topological polar surface area (TPSA) is 42.1 Å². The molecule has 16 heavy (non-hydrogen) atoms. The lowest BCUT2D eigenvalue weighted by Gasteiger charge is -2.31. The van der Waals surface area contributed by atoms with E-state index in [1.54, 1.807) is 0 Å². The van der Waals surface area contributed by atoms with Gasteiger partial charge in [-0.3, -0.25) is 9.88 Å². The smallest absolute Gasteiger partial charge is 0.0607 e. The van der Waals surface area contributed by atoms with Gasteiger partial charge in [-0.25, -0.2) is 0 Å². The van der Waals surface area contributed by atoms with Crippen molar-refractivity contribution >= 4 is 0 Å². The van der Waals surface area contributed by atoms with Gasteiger partial charge in [-0.1, -0.05) is 6.07 Å². The van der Waals surface area contributed by atoms with Crippen molar-refractivity contribution in [2.45, 2.75) is 37.8 Å². The fourth-order valence-corrected chi connectivity index (χ4v) is 3.04. The normalized spacial score (nSPS) is 30.3. The molecule has 0 aromatic carbocycles. The maximum Gasteiger partial charge on any atom is 0.0607 e. The van der Waals surface area contributed by atoms with E-state index in [2.05, 4.69) is 22.0 Å². The first-order valence-electron chi connectivity index (χ1n) is 6.28. The molecule has 2 N–H and O–H groups in total. The Labute approximate surface area is 96.7 Å². The molecule has 0 spiro atoms. The highest BCUT2D eigenvalue weighted by atomic mass is 15.2. The SMILES string of the molecule is NC1CCN(C2CCCc3cccnc32)C1. The Morgan fingerprint density at radius 2 is 2.31 bits per heavy atom. The number of likely N-dealkylation sites (tertiary alicyclic amines) is 1. The Morgan fingerprint density at radius 1 is 1.38 bits per heavy atom. The molecule has 3 nitrogen and oxygen atoms in total. The van der Waals surface area contributed by atoms with Crippen molar-refractivity contribution in [2.24, 2.45) is 5.73 Å². The number of pyridine rings is 1. The van der Waals surface area contributed by atoms with Gasteiger partial charge in [-0.05, 0) is 37.3 Å². The summed E-state index contributed by atoms with van der Waals surface area (Å²) in [5.41, 5.74) is 8.74. The molecular weight excluding hydrogens is 198 g/mol. The second-order valence-electron chi connectivity index (χ2n) is 5.00. The number of nitrogens with zero attached hydrogens (tertiary/aromatic N) is 2. The monoisotopic (exact) mass is 217 g/mol. The van der Waals surface area contributed by atoms with Crippen LogP contribution in [0.4, 0.5) is 0 Å². The van der Waals surface area contributed by atoms with Crippen molar-refractivity contribution in [3.05, 3.63) is 29.6 Å². The fourth-order valence-electron chi connectivity index (χ4n) is 3.04. The first-order chi connectivity index (χ1) is 7.84. The first-order valence-corrected chi connectivity index (χ1v) is 6.28. The van der Waals surface area contributed by atoms with E-state index >= 15 is 0 Å². The zero-order chi connectivity index (χ0) is 11.0.